The normalized spacial score (nSPS) is 14.6. The zero-order valence-corrected chi connectivity index (χ0v) is 10.8. The topological polar surface area (TPSA) is 35.2 Å². The Labute approximate surface area is 98.8 Å². The maximum atomic E-state index is 5.90. The number of benzene rings is 1. The molecule has 1 aromatic carbocycles. The van der Waals surface area contributed by atoms with Crippen LogP contribution in [0.25, 0.3) is 0 Å². The van der Waals surface area contributed by atoms with E-state index in [1.54, 1.807) is 7.11 Å². The number of methoxy groups -OCH3 is 1. The van der Waals surface area contributed by atoms with Crippen molar-refractivity contribution in [2.24, 2.45) is 11.7 Å². The minimum absolute atomic E-state index is 0.389. The monoisotopic (exact) mass is 221 g/mol. The van der Waals surface area contributed by atoms with Crippen LogP contribution in [0.1, 0.15) is 37.3 Å². The fraction of sp³-hybridized carbons (Fsp3) is 0.571. The van der Waals surface area contributed by atoms with Crippen LogP contribution in [-0.4, -0.2) is 13.7 Å². The zero-order valence-electron chi connectivity index (χ0n) is 10.8. The second-order valence-electron chi connectivity index (χ2n) is 4.47. The highest BCUT2D eigenvalue weighted by atomic mass is 16.5. The van der Waals surface area contributed by atoms with E-state index in [0.29, 0.717) is 18.4 Å². The average molecular weight is 221 g/mol. The minimum atomic E-state index is 0.389. The van der Waals surface area contributed by atoms with Gasteiger partial charge in [-0.25, -0.2) is 0 Å². The fourth-order valence-electron chi connectivity index (χ4n) is 2.09. The first-order valence-corrected chi connectivity index (χ1v) is 5.98. The van der Waals surface area contributed by atoms with Crippen LogP contribution in [0.15, 0.2) is 18.2 Å². The van der Waals surface area contributed by atoms with Crippen molar-refractivity contribution in [2.45, 2.75) is 33.1 Å². The number of nitrogens with two attached hydrogens (primary N) is 1. The summed E-state index contributed by atoms with van der Waals surface area (Å²) >= 11 is 0. The van der Waals surface area contributed by atoms with Gasteiger partial charge in [-0.2, -0.15) is 0 Å². The average Bonchev–Trinajstić information content (AvgIpc) is 2.30. The molecule has 2 nitrogen and oxygen atoms in total. The summed E-state index contributed by atoms with van der Waals surface area (Å²) in [5.74, 6) is 1.93. The third-order valence-corrected chi connectivity index (χ3v) is 3.37. The van der Waals surface area contributed by atoms with Gasteiger partial charge in [-0.3, -0.25) is 0 Å². The highest BCUT2D eigenvalue weighted by Gasteiger charge is 2.20. The lowest BCUT2D eigenvalue weighted by Gasteiger charge is -2.24. The van der Waals surface area contributed by atoms with E-state index >= 15 is 0 Å². The van der Waals surface area contributed by atoms with Crippen molar-refractivity contribution in [2.75, 3.05) is 13.7 Å². The van der Waals surface area contributed by atoms with E-state index < -0.39 is 0 Å². The Kier molecular flexibility index (Phi) is 4.81. The van der Waals surface area contributed by atoms with E-state index in [1.807, 2.05) is 6.07 Å². The number of rotatable bonds is 5. The van der Waals surface area contributed by atoms with Crippen LogP contribution in [0.4, 0.5) is 0 Å². The summed E-state index contributed by atoms with van der Waals surface area (Å²) < 4.78 is 5.42. The highest BCUT2D eigenvalue weighted by molar-refractivity contribution is 5.40. The lowest BCUT2D eigenvalue weighted by atomic mass is 9.84. The van der Waals surface area contributed by atoms with Gasteiger partial charge < -0.3 is 10.5 Å². The van der Waals surface area contributed by atoms with Crippen molar-refractivity contribution in [3.8, 4) is 5.75 Å². The lowest BCUT2D eigenvalue weighted by molar-refractivity contribution is 0.387. The van der Waals surface area contributed by atoms with Crippen molar-refractivity contribution < 1.29 is 4.74 Å². The third kappa shape index (κ3) is 2.76. The number of hydrogen-bond donors (Lipinski definition) is 1. The molecule has 1 rings (SSSR count). The summed E-state index contributed by atoms with van der Waals surface area (Å²) in [7, 11) is 1.72. The van der Waals surface area contributed by atoms with Gasteiger partial charge in [0.2, 0.25) is 0 Å². The molecule has 16 heavy (non-hydrogen) atoms. The van der Waals surface area contributed by atoms with E-state index in [2.05, 4.69) is 32.9 Å². The zero-order chi connectivity index (χ0) is 12.1. The van der Waals surface area contributed by atoms with Gasteiger partial charge in [0.25, 0.3) is 0 Å². The summed E-state index contributed by atoms with van der Waals surface area (Å²) in [6, 6.07) is 6.31. The Bertz CT molecular complexity index is 336. The molecule has 90 valence electrons. The van der Waals surface area contributed by atoms with E-state index in [-0.39, 0.29) is 0 Å². The molecule has 2 heteroatoms. The molecule has 0 amide bonds. The number of hydrogen-bond acceptors (Lipinski definition) is 2. The van der Waals surface area contributed by atoms with Gasteiger partial charge >= 0.3 is 0 Å². The molecule has 0 aliphatic carbocycles. The Balaban J connectivity index is 3.11. The maximum Gasteiger partial charge on any atom is 0.122 e. The molecule has 1 aromatic rings. The van der Waals surface area contributed by atoms with Crippen LogP contribution in [0.2, 0.25) is 0 Å². The number of aryl methyl sites for hydroxylation is 1. The Hall–Kier alpha value is -1.02. The molecule has 0 spiro atoms. The summed E-state index contributed by atoms with van der Waals surface area (Å²) in [4.78, 5) is 0. The summed E-state index contributed by atoms with van der Waals surface area (Å²) in [5, 5.41) is 0. The van der Waals surface area contributed by atoms with Gasteiger partial charge in [-0.15, -0.1) is 0 Å². The second-order valence-corrected chi connectivity index (χ2v) is 4.47. The molecule has 2 N–H and O–H groups in total. The molecule has 0 heterocycles. The largest absolute Gasteiger partial charge is 0.496 e. The summed E-state index contributed by atoms with van der Waals surface area (Å²) in [6.45, 7) is 7.23. The minimum Gasteiger partial charge on any atom is -0.496 e. The molecule has 0 radical (unpaired) electrons. The van der Waals surface area contributed by atoms with Crippen molar-refractivity contribution in [1.82, 2.24) is 0 Å². The van der Waals surface area contributed by atoms with E-state index in [0.717, 1.165) is 12.2 Å². The molecule has 0 saturated heterocycles. The second kappa shape index (κ2) is 5.90. The molecule has 0 bridgehead atoms. The van der Waals surface area contributed by atoms with E-state index in [9.17, 15) is 0 Å². The van der Waals surface area contributed by atoms with E-state index in [4.69, 9.17) is 10.5 Å². The maximum absolute atomic E-state index is 5.90. The smallest absolute Gasteiger partial charge is 0.122 e. The molecular formula is C14H23NO. The van der Waals surface area contributed by atoms with Crippen LogP contribution < -0.4 is 10.5 Å². The fourth-order valence-corrected chi connectivity index (χ4v) is 2.09. The third-order valence-electron chi connectivity index (χ3n) is 3.37. The van der Waals surface area contributed by atoms with Crippen molar-refractivity contribution >= 4 is 0 Å². The predicted octanol–water partition coefficient (Wildman–Crippen LogP) is 3.09. The van der Waals surface area contributed by atoms with Crippen LogP contribution in [0.3, 0.4) is 0 Å². The van der Waals surface area contributed by atoms with Crippen LogP contribution in [0, 0.1) is 12.8 Å². The Morgan fingerprint density at radius 2 is 2.06 bits per heavy atom. The molecule has 0 aromatic heterocycles. The standard InChI is InChI=1S/C14H23NO/c1-5-11(3)13(9-15)12-8-10(2)6-7-14(12)16-4/h6-8,11,13H,5,9,15H2,1-4H3. The first-order chi connectivity index (χ1) is 7.63. The Morgan fingerprint density at radius 1 is 1.38 bits per heavy atom. The van der Waals surface area contributed by atoms with Crippen molar-refractivity contribution in [1.29, 1.82) is 0 Å². The van der Waals surface area contributed by atoms with E-state index in [1.165, 1.54) is 11.1 Å². The van der Waals surface area contributed by atoms with Crippen LogP contribution in [-0.2, 0) is 0 Å². The predicted molar refractivity (Wildman–Crippen MR) is 69.0 cm³/mol. The molecule has 0 aliphatic heterocycles. The van der Waals surface area contributed by atoms with Crippen molar-refractivity contribution in [3.05, 3.63) is 29.3 Å². The first kappa shape index (κ1) is 13.0. The SMILES string of the molecule is CCC(C)C(CN)c1cc(C)ccc1OC. The highest BCUT2D eigenvalue weighted by Crippen LogP contribution is 2.33. The van der Waals surface area contributed by atoms with Gasteiger partial charge in [0.1, 0.15) is 5.75 Å². The Morgan fingerprint density at radius 3 is 2.56 bits per heavy atom. The first-order valence-electron chi connectivity index (χ1n) is 5.98. The van der Waals surface area contributed by atoms with Gasteiger partial charge in [0.15, 0.2) is 0 Å². The molecule has 2 unspecified atom stereocenters. The molecule has 0 fully saturated rings. The molecule has 0 aliphatic rings. The van der Waals surface area contributed by atoms with Crippen molar-refractivity contribution in [3.63, 3.8) is 0 Å². The van der Waals surface area contributed by atoms with Gasteiger partial charge in [0, 0.05) is 5.92 Å². The van der Waals surface area contributed by atoms with Gasteiger partial charge in [0.05, 0.1) is 7.11 Å². The lowest BCUT2D eigenvalue weighted by Crippen LogP contribution is -2.20. The molecule has 0 saturated carbocycles. The van der Waals surface area contributed by atoms with Gasteiger partial charge in [-0.05, 0) is 31.0 Å². The van der Waals surface area contributed by atoms with Crippen LogP contribution in [0.5, 0.6) is 5.75 Å². The molecular weight excluding hydrogens is 198 g/mol. The number of ether oxygens (including phenoxy) is 1. The molecule has 2 atom stereocenters. The van der Waals surface area contributed by atoms with Gasteiger partial charge in [-0.1, -0.05) is 38.0 Å². The quantitative estimate of drug-likeness (QED) is 0.829. The summed E-state index contributed by atoms with van der Waals surface area (Å²) in [5.41, 5.74) is 8.41. The summed E-state index contributed by atoms with van der Waals surface area (Å²) in [6.07, 6.45) is 1.14. The van der Waals surface area contributed by atoms with Crippen LogP contribution >= 0.6 is 0 Å².